The Morgan fingerprint density at radius 1 is 1.38 bits per heavy atom. The van der Waals surface area contributed by atoms with Crippen LogP contribution in [0.4, 0.5) is 5.82 Å². The minimum absolute atomic E-state index is 0.236. The van der Waals surface area contributed by atoms with Crippen molar-refractivity contribution in [3.63, 3.8) is 0 Å². The van der Waals surface area contributed by atoms with E-state index in [2.05, 4.69) is 37.9 Å². The number of nitrogens with one attached hydrogen (secondary N) is 1. The predicted octanol–water partition coefficient (Wildman–Crippen LogP) is 2.74. The molecule has 110 valence electrons. The van der Waals surface area contributed by atoms with Gasteiger partial charge < -0.3 is 10.2 Å². The SMILES string of the molecule is Cc1nnc(NC[C@H](c2cccs2)N(C)C)c(C#N)c1C. The zero-order chi connectivity index (χ0) is 15.4. The largest absolute Gasteiger partial charge is 0.366 e. The van der Waals surface area contributed by atoms with E-state index in [4.69, 9.17) is 0 Å². The molecule has 0 radical (unpaired) electrons. The average molecular weight is 301 g/mol. The monoisotopic (exact) mass is 301 g/mol. The summed E-state index contributed by atoms with van der Waals surface area (Å²) < 4.78 is 0. The van der Waals surface area contributed by atoms with Crippen molar-refractivity contribution in [2.75, 3.05) is 26.0 Å². The van der Waals surface area contributed by atoms with Crippen molar-refractivity contribution in [1.29, 1.82) is 5.26 Å². The van der Waals surface area contributed by atoms with E-state index in [0.29, 0.717) is 17.9 Å². The number of thiophene rings is 1. The lowest BCUT2D eigenvalue weighted by Gasteiger charge is -2.24. The van der Waals surface area contributed by atoms with E-state index in [1.807, 2.05) is 34.0 Å². The van der Waals surface area contributed by atoms with Gasteiger partial charge in [0.05, 0.1) is 11.7 Å². The van der Waals surface area contributed by atoms with Crippen LogP contribution in [-0.2, 0) is 0 Å². The highest BCUT2D eigenvalue weighted by molar-refractivity contribution is 7.10. The first kappa shape index (κ1) is 15.4. The molecule has 5 nitrogen and oxygen atoms in total. The highest BCUT2D eigenvalue weighted by atomic mass is 32.1. The smallest absolute Gasteiger partial charge is 0.167 e. The first-order chi connectivity index (χ1) is 10.0. The Labute approximate surface area is 129 Å². The van der Waals surface area contributed by atoms with Gasteiger partial charge in [0.25, 0.3) is 0 Å². The zero-order valence-corrected chi connectivity index (χ0v) is 13.5. The fourth-order valence-corrected chi connectivity index (χ4v) is 3.00. The molecule has 0 aliphatic heterocycles. The summed E-state index contributed by atoms with van der Waals surface area (Å²) in [4.78, 5) is 3.43. The summed E-state index contributed by atoms with van der Waals surface area (Å²) in [5.74, 6) is 0.559. The van der Waals surface area contributed by atoms with Crippen LogP contribution in [0.25, 0.3) is 0 Å². The molecule has 0 spiro atoms. The number of nitrogens with zero attached hydrogens (tertiary/aromatic N) is 4. The maximum atomic E-state index is 9.32. The fraction of sp³-hybridized carbons (Fsp3) is 0.400. The van der Waals surface area contributed by atoms with Gasteiger partial charge in [0, 0.05) is 11.4 Å². The van der Waals surface area contributed by atoms with E-state index in [1.54, 1.807) is 11.3 Å². The highest BCUT2D eigenvalue weighted by Crippen LogP contribution is 2.24. The first-order valence-corrected chi connectivity index (χ1v) is 7.60. The van der Waals surface area contributed by atoms with Crippen molar-refractivity contribution in [2.24, 2.45) is 0 Å². The van der Waals surface area contributed by atoms with E-state index >= 15 is 0 Å². The maximum absolute atomic E-state index is 9.32. The molecule has 1 N–H and O–H groups in total. The lowest BCUT2D eigenvalue weighted by Crippen LogP contribution is -2.26. The third-order valence-electron chi connectivity index (χ3n) is 3.52. The molecule has 0 fully saturated rings. The minimum atomic E-state index is 0.236. The van der Waals surface area contributed by atoms with Gasteiger partial charge in [-0.3, -0.25) is 0 Å². The van der Waals surface area contributed by atoms with Crippen LogP contribution >= 0.6 is 11.3 Å². The van der Waals surface area contributed by atoms with Crippen LogP contribution < -0.4 is 5.32 Å². The number of anilines is 1. The van der Waals surface area contributed by atoms with Gasteiger partial charge in [-0.2, -0.15) is 10.4 Å². The maximum Gasteiger partial charge on any atom is 0.167 e. The van der Waals surface area contributed by atoms with Gasteiger partial charge in [-0.1, -0.05) is 6.07 Å². The van der Waals surface area contributed by atoms with Gasteiger partial charge >= 0.3 is 0 Å². The average Bonchev–Trinajstić information content (AvgIpc) is 2.96. The first-order valence-electron chi connectivity index (χ1n) is 6.72. The van der Waals surface area contributed by atoms with Crippen molar-refractivity contribution in [3.05, 3.63) is 39.2 Å². The molecular formula is C15H19N5S. The summed E-state index contributed by atoms with van der Waals surface area (Å²) in [6.45, 7) is 4.44. The molecule has 1 atom stereocenters. The van der Waals surface area contributed by atoms with Gasteiger partial charge in [0.1, 0.15) is 11.6 Å². The van der Waals surface area contributed by atoms with Crippen LogP contribution in [0.5, 0.6) is 0 Å². The molecular weight excluding hydrogens is 282 g/mol. The van der Waals surface area contributed by atoms with Crippen LogP contribution in [0, 0.1) is 25.2 Å². The molecule has 0 bridgehead atoms. The molecule has 0 unspecified atom stereocenters. The Hall–Kier alpha value is -1.97. The Balaban J connectivity index is 2.19. The number of likely N-dealkylation sites (N-methyl/N-ethyl adjacent to an activating group) is 1. The van der Waals surface area contributed by atoms with Crippen molar-refractivity contribution in [1.82, 2.24) is 15.1 Å². The normalized spacial score (nSPS) is 12.2. The number of nitriles is 1. The summed E-state index contributed by atoms with van der Waals surface area (Å²) in [7, 11) is 4.09. The van der Waals surface area contributed by atoms with Gasteiger partial charge in [-0.25, -0.2) is 0 Å². The standard InChI is InChI=1S/C15H19N5S/c1-10-11(2)18-19-15(12(10)8-16)17-9-13(20(3)4)14-6-5-7-21-14/h5-7,13H,9H2,1-4H3,(H,17,19)/t13-/m1/s1. The predicted molar refractivity (Wildman–Crippen MR) is 85.5 cm³/mol. The van der Waals surface area contributed by atoms with Crippen molar-refractivity contribution >= 4 is 17.2 Å². The highest BCUT2D eigenvalue weighted by Gasteiger charge is 2.17. The summed E-state index contributed by atoms with van der Waals surface area (Å²) in [5, 5.41) is 22.9. The number of hydrogen-bond acceptors (Lipinski definition) is 6. The molecule has 0 amide bonds. The van der Waals surface area contributed by atoms with Gasteiger partial charge in [0.2, 0.25) is 0 Å². The molecule has 0 saturated heterocycles. The van der Waals surface area contributed by atoms with Gasteiger partial charge in [-0.15, -0.1) is 16.4 Å². The number of rotatable bonds is 5. The molecule has 6 heteroatoms. The van der Waals surface area contributed by atoms with E-state index in [0.717, 1.165) is 11.3 Å². The topological polar surface area (TPSA) is 64.8 Å². The molecule has 2 heterocycles. The fourth-order valence-electron chi connectivity index (χ4n) is 2.08. The summed E-state index contributed by atoms with van der Waals surface area (Å²) >= 11 is 1.73. The molecule has 2 aromatic rings. The quantitative estimate of drug-likeness (QED) is 0.920. The molecule has 0 saturated carbocycles. The number of aromatic nitrogens is 2. The van der Waals surface area contributed by atoms with E-state index in [1.165, 1.54) is 4.88 Å². The third kappa shape index (κ3) is 3.38. The van der Waals surface area contributed by atoms with E-state index in [9.17, 15) is 5.26 Å². The second kappa shape index (κ2) is 6.66. The zero-order valence-electron chi connectivity index (χ0n) is 12.7. The van der Waals surface area contributed by atoms with Crippen LogP contribution in [0.3, 0.4) is 0 Å². The molecule has 21 heavy (non-hydrogen) atoms. The third-order valence-corrected chi connectivity index (χ3v) is 4.50. The second-order valence-electron chi connectivity index (χ2n) is 5.12. The molecule has 2 aromatic heterocycles. The Bertz CT molecular complexity index is 643. The number of hydrogen-bond donors (Lipinski definition) is 1. The Kier molecular flexibility index (Phi) is 4.89. The molecule has 0 aliphatic carbocycles. The lowest BCUT2D eigenvalue weighted by molar-refractivity contribution is 0.316. The Morgan fingerprint density at radius 2 is 2.14 bits per heavy atom. The second-order valence-corrected chi connectivity index (χ2v) is 6.10. The summed E-state index contributed by atoms with van der Waals surface area (Å²) in [5.41, 5.74) is 2.25. The van der Waals surface area contributed by atoms with Crippen molar-refractivity contribution in [3.8, 4) is 6.07 Å². The summed E-state index contributed by atoms with van der Waals surface area (Å²) in [6, 6.07) is 6.62. The van der Waals surface area contributed by atoms with Crippen LogP contribution in [0.15, 0.2) is 17.5 Å². The van der Waals surface area contributed by atoms with E-state index in [-0.39, 0.29) is 6.04 Å². The molecule has 0 aromatic carbocycles. The van der Waals surface area contributed by atoms with E-state index < -0.39 is 0 Å². The summed E-state index contributed by atoms with van der Waals surface area (Å²) in [6.07, 6.45) is 0. The van der Waals surface area contributed by atoms with Crippen LogP contribution in [0.1, 0.15) is 27.7 Å². The van der Waals surface area contributed by atoms with Crippen LogP contribution in [0.2, 0.25) is 0 Å². The molecule has 0 aliphatic rings. The van der Waals surface area contributed by atoms with Crippen molar-refractivity contribution in [2.45, 2.75) is 19.9 Å². The molecule has 2 rings (SSSR count). The lowest BCUT2D eigenvalue weighted by atomic mass is 10.1. The minimum Gasteiger partial charge on any atom is -0.366 e. The van der Waals surface area contributed by atoms with Crippen LogP contribution in [-0.4, -0.2) is 35.7 Å². The van der Waals surface area contributed by atoms with Gasteiger partial charge in [0.15, 0.2) is 5.82 Å². The number of aryl methyl sites for hydroxylation is 1. The Morgan fingerprint density at radius 3 is 2.71 bits per heavy atom. The van der Waals surface area contributed by atoms with Gasteiger partial charge in [-0.05, 0) is 45.0 Å². The van der Waals surface area contributed by atoms with Crippen molar-refractivity contribution < 1.29 is 0 Å².